The van der Waals surface area contributed by atoms with Gasteiger partial charge in [-0.05, 0) is 6.42 Å². The summed E-state index contributed by atoms with van der Waals surface area (Å²) in [7, 11) is 0. The number of primary amides is 1. The maximum Gasteiger partial charge on any atom is 0.290 e. The number of Topliss-reactive ketones (excluding diaryl/α,β-unsaturated/α-hetero) is 1. The second kappa shape index (κ2) is 4.20. The van der Waals surface area contributed by atoms with Crippen molar-refractivity contribution in [1.29, 1.82) is 0 Å². The van der Waals surface area contributed by atoms with E-state index in [1.54, 1.807) is 6.20 Å². The Morgan fingerprint density at radius 1 is 1.37 bits per heavy atom. The highest BCUT2D eigenvalue weighted by molar-refractivity contribution is 6.37. The average Bonchev–Trinajstić information content (AvgIpc) is 2.37. The summed E-state index contributed by atoms with van der Waals surface area (Å²) >= 11 is 0. The molecule has 3 rings (SSSR count). The Bertz CT molecular complexity index is 537. The lowest BCUT2D eigenvalue weighted by molar-refractivity contribution is -0.144. The standard InChI is InChI=1S/C12H14N4O3/c13-11(18)7-1-2-8-4-16-5-9(17)12(19)14-10(16)6-15(8)3-7/h2-3,10H,1,4-6H2,(H2,13,18)(H,14,19). The van der Waals surface area contributed by atoms with E-state index < -0.39 is 17.6 Å². The molecule has 2 saturated heterocycles. The Kier molecular flexibility index (Phi) is 2.63. The van der Waals surface area contributed by atoms with Gasteiger partial charge < -0.3 is 16.0 Å². The van der Waals surface area contributed by atoms with Gasteiger partial charge in [0.05, 0.1) is 13.1 Å². The predicted octanol–water partition coefficient (Wildman–Crippen LogP) is -1.71. The number of fused-ring (bicyclic) bond motifs is 2. The second-order valence-corrected chi connectivity index (χ2v) is 4.89. The summed E-state index contributed by atoms with van der Waals surface area (Å²) in [6, 6.07) is 0. The van der Waals surface area contributed by atoms with Gasteiger partial charge in [0.25, 0.3) is 5.91 Å². The fourth-order valence-corrected chi connectivity index (χ4v) is 2.57. The molecule has 2 fully saturated rings. The topological polar surface area (TPSA) is 95.7 Å². The molecular weight excluding hydrogens is 248 g/mol. The Morgan fingerprint density at radius 2 is 2.16 bits per heavy atom. The van der Waals surface area contributed by atoms with Gasteiger partial charge in [0.2, 0.25) is 11.7 Å². The number of rotatable bonds is 1. The maximum atomic E-state index is 11.4. The van der Waals surface area contributed by atoms with E-state index in [-0.39, 0.29) is 12.7 Å². The first-order valence-corrected chi connectivity index (χ1v) is 6.08. The zero-order valence-corrected chi connectivity index (χ0v) is 10.3. The molecule has 2 amide bonds. The minimum atomic E-state index is -0.537. The molecule has 0 bridgehead atoms. The summed E-state index contributed by atoms with van der Waals surface area (Å²) in [5.74, 6) is -1.38. The van der Waals surface area contributed by atoms with E-state index in [2.05, 4.69) is 5.32 Å². The van der Waals surface area contributed by atoms with Gasteiger partial charge >= 0.3 is 0 Å². The van der Waals surface area contributed by atoms with Gasteiger partial charge in [0.1, 0.15) is 6.17 Å². The number of carbonyl (C=O) groups is 3. The lowest BCUT2D eigenvalue weighted by Gasteiger charge is -2.45. The number of ketones is 1. The Balaban J connectivity index is 1.80. The van der Waals surface area contributed by atoms with Crippen LogP contribution in [0.1, 0.15) is 6.42 Å². The molecule has 1 atom stereocenters. The molecule has 0 aliphatic carbocycles. The van der Waals surface area contributed by atoms with Crippen LogP contribution in [0.3, 0.4) is 0 Å². The summed E-state index contributed by atoms with van der Waals surface area (Å²) < 4.78 is 0. The molecule has 0 saturated carbocycles. The van der Waals surface area contributed by atoms with Gasteiger partial charge in [0.15, 0.2) is 0 Å². The molecule has 7 nitrogen and oxygen atoms in total. The number of nitrogens with zero attached hydrogens (tertiary/aromatic N) is 2. The minimum absolute atomic E-state index is 0.147. The highest BCUT2D eigenvalue weighted by Gasteiger charge is 2.38. The highest BCUT2D eigenvalue weighted by Crippen LogP contribution is 2.25. The van der Waals surface area contributed by atoms with E-state index in [1.165, 1.54) is 0 Å². The van der Waals surface area contributed by atoms with E-state index >= 15 is 0 Å². The van der Waals surface area contributed by atoms with Crippen molar-refractivity contribution in [1.82, 2.24) is 15.1 Å². The van der Waals surface area contributed by atoms with Crippen LogP contribution in [0.15, 0.2) is 23.5 Å². The lowest BCUT2D eigenvalue weighted by Crippen LogP contribution is -2.65. The minimum Gasteiger partial charge on any atom is -0.366 e. The van der Waals surface area contributed by atoms with Crippen molar-refractivity contribution in [2.24, 2.45) is 5.73 Å². The number of hydrogen-bond acceptors (Lipinski definition) is 5. The Morgan fingerprint density at radius 3 is 2.89 bits per heavy atom. The van der Waals surface area contributed by atoms with Crippen LogP contribution in [0.5, 0.6) is 0 Å². The Hall–Kier alpha value is -2.15. The van der Waals surface area contributed by atoms with Gasteiger partial charge in [-0.2, -0.15) is 0 Å². The largest absolute Gasteiger partial charge is 0.366 e. The zero-order valence-electron chi connectivity index (χ0n) is 10.3. The summed E-state index contributed by atoms with van der Waals surface area (Å²) in [4.78, 5) is 37.8. The maximum absolute atomic E-state index is 11.4. The molecule has 100 valence electrons. The average molecular weight is 262 g/mol. The van der Waals surface area contributed by atoms with Gasteiger partial charge in [-0.15, -0.1) is 0 Å². The number of allylic oxidation sites excluding steroid dienone is 1. The molecule has 3 aliphatic heterocycles. The number of carbonyl (C=O) groups excluding carboxylic acids is 3. The normalized spacial score (nSPS) is 26.9. The van der Waals surface area contributed by atoms with Crippen LogP contribution >= 0.6 is 0 Å². The number of hydrogen-bond donors (Lipinski definition) is 2. The zero-order chi connectivity index (χ0) is 13.6. The van der Waals surface area contributed by atoms with E-state index in [0.29, 0.717) is 25.1 Å². The van der Waals surface area contributed by atoms with Crippen LogP contribution in [0.4, 0.5) is 0 Å². The van der Waals surface area contributed by atoms with Crippen LogP contribution in [-0.4, -0.2) is 53.2 Å². The number of piperazine rings is 1. The number of nitrogens with two attached hydrogens (primary N) is 1. The van der Waals surface area contributed by atoms with Crippen molar-refractivity contribution in [3.8, 4) is 0 Å². The third kappa shape index (κ3) is 2.01. The van der Waals surface area contributed by atoms with Gasteiger partial charge in [0, 0.05) is 24.0 Å². The van der Waals surface area contributed by atoms with Crippen molar-refractivity contribution in [3.63, 3.8) is 0 Å². The molecule has 3 aliphatic rings. The Labute approximate surface area is 109 Å². The third-order valence-electron chi connectivity index (χ3n) is 3.63. The predicted molar refractivity (Wildman–Crippen MR) is 65.2 cm³/mol. The first-order chi connectivity index (χ1) is 9.04. The van der Waals surface area contributed by atoms with Crippen LogP contribution < -0.4 is 11.1 Å². The number of amides is 2. The molecule has 7 heteroatoms. The van der Waals surface area contributed by atoms with Crippen molar-refractivity contribution in [3.05, 3.63) is 23.5 Å². The first kappa shape index (κ1) is 11.9. The van der Waals surface area contributed by atoms with Crippen LogP contribution in [0.2, 0.25) is 0 Å². The summed E-state index contributed by atoms with van der Waals surface area (Å²) in [6.45, 7) is 1.24. The molecule has 1 unspecified atom stereocenters. The van der Waals surface area contributed by atoms with Crippen molar-refractivity contribution in [2.45, 2.75) is 12.6 Å². The van der Waals surface area contributed by atoms with Gasteiger partial charge in [-0.25, -0.2) is 0 Å². The molecule has 0 aromatic carbocycles. The third-order valence-corrected chi connectivity index (χ3v) is 3.63. The first-order valence-electron chi connectivity index (χ1n) is 6.08. The number of nitrogens with one attached hydrogen (secondary N) is 1. The molecule has 0 aromatic rings. The molecular formula is C12H14N4O3. The van der Waals surface area contributed by atoms with Crippen LogP contribution in [0.25, 0.3) is 0 Å². The molecule has 3 N–H and O–H groups in total. The summed E-state index contributed by atoms with van der Waals surface area (Å²) in [5.41, 5.74) is 6.86. The van der Waals surface area contributed by atoms with Crippen molar-refractivity contribution >= 4 is 17.6 Å². The molecule has 0 spiro atoms. The smallest absolute Gasteiger partial charge is 0.290 e. The van der Waals surface area contributed by atoms with Gasteiger partial charge in [-0.1, -0.05) is 6.08 Å². The second-order valence-electron chi connectivity index (χ2n) is 4.89. The fourth-order valence-electron chi connectivity index (χ4n) is 2.57. The highest BCUT2D eigenvalue weighted by atomic mass is 16.2. The summed E-state index contributed by atoms with van der Waals surface area (Å²) in [6.07, 6.45) is 3.99. The van der Waals surface area contributed by atoms with Crippen LogP contribution in [-0.2, 0) is 14.4 Å². The SMILES string of the molecule is NC(=O)C1=CN2CC3NC(=O)C(=O)CN3CC2=CC1. The lowest BCUT2D eigenvalue weighted by atomic mass is 10.0. The molecule has 19 heavy (non-hydrogen) atoms. The summed E-state index contributed by atoms with van der Waals surface area (Å²) in [5, 5.41) is 2.67. The van der Waals surface area contributed by atoms with Gasteiger partial charge in [-0.3, -0.25) is 19.3 Å². The van der Waals surface area contributed by atoms with Crippen LogP contribution in [0, 0.1) is 0 Å². The fraction of sp³-hybridized carbons (Fsp3) is 0.417. The molecule has 3 heterocycles. The van der Waals surface area contributed by atoms with E-state index in [9.17, 15) is 14.4 Å². The quantitative estimate of drug-likeness (QED) is 0.548. The van der Waals surface area contributed by atoms with E-state index in [1.807, 2.05) is 15.9 Å². The van der Waals surface area contributed by atoms with Crippen molar-refractivity contribution in [2.75, 3.05) is 19.6 Å². The van der Waals surface area contributed by atoms with Crippen molar-refractivity contribution < 1.29 is 14.4 Å². The molecule has 0 aromatic heterocycles. The molecule has 0 radical (unpaired) electrons. The monoisotopic (exact) mass is 262 g/mol. The van der Waals surface area contributed by atoms with E-state index in [4.69, 9.17) is 5.73 Å². The van der Waals surface area contributed by atoms with E-state index in [0.717, 1.165) is 5.70 Å².